The van der Waals surface area contributed by atoms with Gasteiger partial charge < -0.3 is 10.8 Å². The number of nitrogen functional groups attached to an aromatic ring is 1. The molecule has 0 spiro atoms. The second-order valence-corrected chi connectivity index (χ2v) is 7.24. The number of benzene rings is 1. The Bertz CT molecular complexity index is 532. The number of nitrogens with zero attached hydrogens (tertiary/aromatic N) is 1. The fraction of sp³-hybridized carbons (Fsp3) is 0.500. The van der Waals surface area contributed by atoms with Gasteiger partial charge in [0, 0.05) is 23.7 Å². The van der Waals surface area contributed by atoms with E-state index in [1.165, 1.54) is 10.4 Å². The van der Waals surface area contributed by atoms with Crippen LogP contribution in [0.25, 0.3) is 0 Å². The van der Waals surface area contributed by atoms with Crippen LogP contribution in [0.5, 0.6) is 0 Å². The molecule has 1 rings (SSSR count). The first-order valence-electron chi connectivity index (χ1n) is 5.98. The van der Waals surface area contributed by atoms with Gasteiger partial charge in [0.15, 0.2) is 0 Å². The maximum atomic E-state index is 12.6. The number of nitrogens with two attached hydrogens (primary N) is 1. The van der Waals surface area contributed by atoms with Crippen LogP contribution in [0.4, 0.5) is 5.69 Å². The molecule has 0 aliphatic heterocycles. The normalized spacial score (nSPS) is 12.3. The lowest BCUT2D eigenvalue weighted by atomic mass is 10.3. The average molecular weight is 351 g/mol. The molecule has 0 saturated heterocycles. The molecule has 7 heteroatoms. The summed E-state index contributed by atoms with van der Waals surface area (Å²) in [7, 11) is -3.66. The van der Waals surface area contributed by atoms with Crippen LogP contribution in [0, 0.1) is 0 Å². The van der Waals surface area contributed by atoms with Crippen molar-refractivity contribution in [2.75, 3.05) is 18.9 Å². The molecule has 0 radical (unpaired) electrons. The largest absolute Gasteiger partial charge is 0.398 e. The number of halogens is 1. The topological polar surface area (TPSA) is 83.6 Å². The van der Waals surface area contributed by atoms with Crippen LogP contribution < -0.4 is 5.73 Å². The Morgan fingerprint density at radius 1 is 1.42 bits per heavy atom. The Kier molecular flexibility index (Phi) is 5.79. The molecule has 3 N–H and O–H groups in total. The van der Waals surface area contributed by atoms with Crippen LogP contribution in [-0.2, 0) is 10.0 Å². The van der Waals surface area contributed by atoms with Crippen molar-refractivity contribution in [2.45, 2.75) is 31.2 Å². The predicted molar refractivity (Wildman–Crippen MR) is 79.3 cm³/mol. The van der Waals surface area contributed by atoms with Gasteiger partial charge in [0.1, 0.15) is 4.90 Å². The molecular formula is C12H19BrN2O3S. The Labute approximate surface area is 122 Å². The summed E-state index contributed by atoms with van der Waals surface area (Å²) in [5.41, 5.74) is 5.99. The Balaban J connectivity index is 3.22. The Morgan fingerprint density at radius 3 is 2.58 bits per heavy atom. The number of hydrogen-bond donors (Lipinski definition) is 2. The minimum absolute atomic E-state index is 0.0489. The molecule has 0 saturated carbocycles. The molecule has 1 aromatic carbocycles. The van der Waals surface area contributed by atoms with E-state index in [0.29, 0.717) is 10.9 Å². The van der Waals surface area contributed by atoms with Gasteiger partial charge in [-0.2, -0.15) is 4.31 Å². The van der Waals surface area contributed by atoms with Crippen LogP contribution in [-0.4, -0.2) is 37.0 Å². The maximum absolute atomic E-state index is 12.6. The van der Waals surface area contributed by atoms with Crippen molar-refractivity contribution in [1.82, 2.24) is 4.31 Å². The van der Waals surface area contributed by atoms with E-state index in [4.69, 9.17) is 10.8 Å². The molecule has 0 bridgehead atoms. The van der Waals surface area contributed by atoms with Crippen molar-refractivity contribution >= 4 is 31.6 Å². The van der Waals surface area contributed by atoms with Crippen molar-refractivity contribution < 1.29 is 13.5 Å². The van der Waals surface area contributed by atoms with Gasteiger partial charge in [0.25, 0.3) is 0 Å². The number of aliphatic hydroxyl groups excluding tert-OH is 1. The molecule has 0 aromatic heterocycles. The molecule has 19 heavy (non-hydrogen) atoms. The summed E-state index contributed by atoms with van der Waals surface area (Å²) in [6, 6.07) is 4.55. The summed E-state index contributed by atoms with van der Waals surface area (Å²) in [5, 5.41) is 8.88. The van der Waals surface area contributed by atoms with Crippen LogP contribution in [0.1, 0.15) is 20.3 Å². The van der Waals surface area contributed by atoms with Crippen molar-refractivity contribution in [3.8, 4) is 0 Å². The highest BCUT2D eigenvalue weighted by molar-refractivity contribution is 9.10. The van der Waals surface area contributed by atoms with Gasteiger partial charge in [-0.1, -0.05) is 15.9 Å². The highest BCUT2D eigenvalue weighted by atomic mass is 79.9. The number of hydrogen-bond acceptors (Lipinski definition) is 4. The molecule has 0 aliphatic rings. The molecule has 0 fully saturated rings. The predicted octanol–water partition coefficient (Wildman–Crippen LogP) is 1.81. The van der Waals surface area contributed by atoms with Crippen molar-refractivity contribution in [1.29, 1.82) is 0 Å². The molecule has 5 nitrogen and oxygen atoms in total. The fourth-order valence-corrected chi connectivity index (χ4v) is 4.07. The summed E-state index contributed by atoms with van der Waals surface area (Å²) in [5.74, 6) is 0. The highest BCUT2D eigenvalue weighted by Crippen LogP contribution is 2.27. The zero-order chi connectivity index (χ0) is 14.6. The monoisotopic (exact) mass is 350 g/mol. The van der Waals surface area contributed by atoms with Gasteiger partial charge in [-0.15, -0.1) is 0 Å². The van der Waals surface area contributed by atoms with E-state index >= 15 is 0 Å². The molecule has 0 unspecified atom stereocenters. The maximum Gasteiger partial charge on any atom is 0.245 e. The zero-order valence-electron chi connectivity index (χ0n) is 11.0. The van der Waals surface area contributed by atoms with Gasteiger partial charge in [-0.05, 0) is 38.5 Å². The van der Waals surface area contributed by atoms with Gasteiger partial charge in [-0.25, -0.2) is 8.42 Å². The van der Waals surface area contributed by atoms with Crippen LogP contribution in [0.3, 0.4) is 0 Å². The Morgan fingerprint density at radius 2 is 2.05 bits per heavy atom. The van der Waals surface area contributed by atoms with E-state index in [9.17, 15) is 8.42 Å². The first-order chi connectivity index (χ1) is 8.80. The third-order valence-electron chi connectivity index (χ3n) is 2.67. The summed E-state index contributed by atoms with van der Waals surface area (Å²) >= 11 is 3.25. The second kappa shape index (κ2) is 6.69. The van der Waals surface area contributed by atoms with Gasteiger partial charge in [0.05, 0.1) is 5.69 Å². The van der Waals surface area contributed by atoms with E-state index in [0.717, 1.165) is 0 Å². The van der Waals surface area contributed by atoms with E-state index < -0.39 is 10.0 Å². The minimum Gasteiger partial charge on any atom is -0.398 e. The molecule has 0 heterocycles. The standard InChI is InChI=1S/C12H19BrN2O3S/c1-9(2)15(6-3-7-16)19(17,18)12-8-10(13)4-5-11(12)14/h4-5,8-9,16H,3,6-7,14H2,1-2H3. The number of anilines is 1. The number of aliphatic hydroxyl groups is 1. The van der Waals surface area contributed by atoms with Gasteiger partial charge in [0.2, 0.25) is 10.0 Å². The van der Waals surface area contributed by atoms with Gasteiger partial charge >= 0.3 is 0 Å². The minimum atomic E-state index is -3.66. The smallest absolute Gasteiger partial charge is 0.245 e. The molecule has 108 valence electrons. The second-order valence-electron chi connectivity index (χ2n) is 4.47. The SMILES string of the molecule is CC(C)N(CCCO)S(=O)(=O)c1cc(Br)ccc1N. The van der Waals surface area contributed by atoms with Crippen molar-refractivity contribution in [2.24, 2.45) is 0 Å². The summed E-state index contributed by atoms with van der Waals surface area (Å²) < 4.78 is 27.2. The van der Waals surface area contributed by atoms with Crippen molar-refractivity contribution in [3.63, 3.8) is 0 Å². The molecule has 0 amide bonds. The lowest BCUT2D eigenvalue weighted by Gasteiger charge is -2.26. The van der Waals surface area contributed by atoms with Crippen molar-refractivity contribution in [3.05, 3.63) is 22.7 Å². The van der Waals surface area contributed by atoms with E-state index in [2.05, 4.69) is 15.9 Å². The molecular weight excluding hydrogens is 332 g/mol. The average Bonchev–Trinajstić information content (AvgIpc) is 2.32. The first kappa shape index (κ1) is 16.4. The highest BCUT2D eigenvalue weighted by Gasteiger charge is 2.28. The van der Waals surface area contributed by atoms with Crippen LogP contribution in [0.15, 0.2) is 27.6 Å². The third kappa shape index (κ3) is 3.92. The van der Waals surface area contributed by atoms with Gasteiger partial charge in [-0.3, -0.25) is 0 Å². The molecule has 0 aliphatic carbocycles. The summed E-state index contributed by atoms with van der Waals surface area (Å²) in [6.07, 6.45) is 0.394. The summed E-state index contributed by atoms with van der Waals surface area (Å²) in [6.45, 7) is 3.81. The molecule has 1 aromatic rings. The van der Waals surface area contributed by atoms with Crippen LogP contribution >= 0.6 is 15.9 Å². The number of sulfonamides is 1. The third-order valence-corrected chi connectivity index (χ3v) is 5.30. The van der Waals surface area contributed by atoms with E-state index in [1.807, 2.05) is 0 Å². The zero-order valence-corrected chi connectivity index (χ0v) is 13.4. The van der Waals surface area contributed by atoms with Crippen LogP contribution in [0.2, 0.25) is 0 Å². The lowest BCUT2D eigenvalue weighted by Crippen LogP contribution is -2.38. The molecule has 0 atom stereocenters. The summed E-state index contributed by atoms with van der Waals surface area (Å²) in [4.78, 5) is 0.0912. The lowest BCUT2D eigenvalue weighted by molar-refractivity contribution is 0.258. The van der Waals surface area contributed by atoms with E-state index in [-0.39, 0.29) is 29.8 Å². The fourth-order valence-electron chi connectivity index (χ4n) is 1.74. The Hall–Kier alpha value is -0.630. The number of rotatable bonds is 6. The first-order valence-corrected chi connectivity index (χ1v) is 8.21. The van der Waals surface area contributed by atoms with E-state index in [1.54, 1.807) is 26.0 Å². The quantitative estimate of drug-likeness (QED) is 0.766.